The highest BCUT2D eigenvalue weighted by molar-refractivity contribution is 5.83. The van der Waals surface area contributed by atoms with E-state index in [2.05, 4.69) is 17.6 Å². The molecule has 1 aliphatic carbocycles. The van der Waals surface area contributed by atoms with Gasteiger partial charge >= 0.3 is 0 Å². The fourth-order valence-electron chi connectivity index (χ4n) is 2.41. The summed E-state index contributed by atoms with van der Waals surface area (Å²) >= 11 is 0. The lowest BCUT2D eigenvalue weighted by atomic mass is 10.2. The first-order valence-corrected chi connectivity index (χ1v) is 6.58. The van der Waals surface area contributed by atoms with Crippen molar-refractivity contribution in [2.75, 3.05) is 11.9 Å². The van der Waals surface area contributed by atoms with Crippen molar-refractivity contribution >= 4 is 11.6 Å². The summed E-state index contributed by atoms with van der Waals surface area (Å²) in [5.74, 6) is 1.42. The molecule has 3 rings (SSSR count). The van der Waals surface area contributed by atoms with E-state index in [0.29, 0.717) is 18.5 Å². The lowest BCUT2D eigenvalue weighted by Gasteiger charge is -2.26. The highest BCUT2D eigenvalue weighted by Gasteiger charge is 2.38. The molecule has 0 spiro atoms. The molecule has 1 saturated carbocycles. The molecule has 1 aliphatic heterocycles. The van der Waals surface area contributed by atoms with Crippen molar-refractivity contribution in [3.05, 3.63) is 24.3 Å². The van der Waals surface area contributed by atoms with Gasteiger partial charge in [-0.3, -0.25) is 4.79 Å². The molecule has 3 atom stereocenters. The Kier molecular flexibility index (Phi) is 2.86. The van der Waals surface area contributed by atoms with Gasteiger partial charge in [0.2, 0.25) is 0 Å². The second kappa shape index (κ2) is 4.52. The van der Waals surface area contributed by atoms with Crippen molar-refractivity contribution in [1.82, 2.24) is 5.32 Å². The van der Waals surface area contributed by atoms with Crippen LogP contribution in [0, 0.1) is 5.92 Å². The summed E-state index contributed by atoms with van der Waals surface area (Å²) in [6, 6.07) is 8.06. The molecule has 4 nitrogen and oxygen atoms in total. The van der Waals surface area contributed by atoms with Gasteiger partial charge in [0.15, 0.2) is 6.10 Å². The summed E-state index contributed by atoms with van der Waals surface area (Å²) in [5, 5.41) is 6.28. The van der Waals surface area contributed by atoms with E-state index >= 15 is 0 Å². The number of amides is 1. The number of anilines is 1. The Bertz CT molecular complexity index is 461. The first-order valence-electron chi connectivity index (χ1n) is 6.58. The summed E-state index contributed by atoms with van der Waals surface area (Å²) in [6.07, 6.45) is 1.83. The van der Waals surface area contributed by atoms with Gasteiger partial charge in [0.25, 0.3) is 5.91 Å². The van der Waals surface area contributed by atoms with Crippen LogP contribution in [0.5, 0.6) is 5.75 Å². The Labute approximate surface area is 107 Å². The molecule has 2 aliphatic rings. The van der Waals surface area contributed by atoms with Crippen LogP contribution in [-0.4, -0.2) is 24.6 Å². The lowest BCUT2D eigenvalue weighted by molar-refractivity contribution is -0.127. The molecule has 1 aromatic rings. The van der Waals surface area contributed by atoms with Crippen molar-refractivity contribution in [2.45, 2.75) is 31.9 Å². The van der Waals surface area contributed by atoms with Gasteiger partial charge in [0.1, 0.15) is 5.75 Å². The second-order valence-electron chi connectivity index (χ2n) is 5.00. The summed E-state index contributed by atoms with van der Waals surface area (Å²) in [6.45, 7) is 2.69. The Hall–Kier alpha value is -1.71. The molecule has 1 aromatic carbocycles. The average Bonchev–Trinajstić information content (AvgIpc) is 3.16. The highest BCUT2D eigenvalue weighted by atomic mass is 16.5. The van der Waals surface area contributed by atoms with Crippen LogP contribution in [0.2, 0.25) is 0 Å². The first-order chi connectivity index (χ1) is 8.78. The van der Waals surface area contributed by atoms with Crippen molar-refractivity contribution in [1.29, 1.82) is 0 Å². The number of hydrogen-bond donors (Lipinski definition) is 2. The van der Waals surface area contributed by atoms with Crippen LogP contribution in [-0.2, 0) is 4.79 Å². The number of carbonyl (C=O) groups is 1. The monoisotopic (exact) mass is 246 g/mol. The number of nitrogens with one attached hydrogen (secondary N) is 2. The Morgan fingerprint density at radius 3 is 3.11 bits per heavy atom. The standard InChI is InChI=1S/C14H18N2O2/c1-2-9-7-11(9)16-14(17)13-8-15-10-5-3-4-6-12(10)18-13/h3-6,9,11,13,15H,2,7-8H2,1H3,(H,16,17). The molecule has 1 heterocycles. The van der Waals surface area contributed by atoms with E-state index < -0.39 is 6.10 Å². The summed E-state index contributed by atoms with van der Waals surface area (Å²) in [4.78, 5) is 12.0. The number of fused-ring (bicyclic) bond motifs is 1. The summed E-state index contributed by atoms with van der Waals surface area (Å²) in [5.41, 5.74) is 0.958. The number of ether oxygens (including phenoxy) is 1. The minimum Gasteiger partial charge on any atom is -0.477 e. The van der Waals surface area contributed by atoms with Gasteiger partial charge in [-0.2, -0.15) is 0 Å². The molecule has 3 unspecified atom stereocenters. The second-order valence-corrected chi connectivity index (χ2v) is 5.00. The maximum atomic E-state index is 12.0. The molecule has 0 radical (unpaired) electrons. The van der Waals surface area contributed by atoms with Crippen LogP contribution >= 0.6 is 0 Å². The van der Waals surface area contributed by atoms with E-state index in [1.54, 1.807) is 0 Å². The number of rotatable bonds is 3. The minimum absolute atomic E-state index is 0.00190. The van der Waals surface area contributed by atoms with Gasteiger partial charge in [-0.1, -0.05) is 25.5 Å². The fourth-order valence-corrected chi connectivity index (χ4v) is 2.41. The van der Waals surface area contributed by atoms with E-state index in [1.807, 2.05) is 24.3 Å². The van der Waals surface area contributed by atoms with Crippen LogP contribution in [0.1, 0.15) is 19.8 Å². The Morgan fingerprint density at radius 1 is 1.50 bits per heavy atom. The number of hydrogen-bond acceptors (Lipinski definition) is 3. The topological polar surface area (TPSA) is 50.4 Å². The number of para-hydroxylation sites is 2. The third-order valence-corrected chi connectivity index (χ3v) is 3.70. The summed E-state index contributed by atoms with van der Waals surface area (Å²) < 4.78 is 5.72. The zero-order valence-electron chi connectivity index (χ0n) is 10.5. The van der Waals surface area contributed by atoms with E-state index in [4.69, 9.17) is 4.74 Å². The van der Waals surface area contributed by atoms with Crippen LogP contribution < -0.4 is 15.4 Å². The van der Waals surface area contributed by atoms with Gasteiger partial charge in [0, 0.05) is 6.04 Å². The molecular weight excluding hydrogens is 228 g/mol. The Morgan fingerprint density at radius 2 is 2.33 bits per heavy atom. The fraction of sp³-hybridized carbons (Fsp3) is 0.500. The SMILES string of the molecule is CCC1CC1NC(=O)C1CNc2ccccc2O1. The van der Waals surface area contributed by atoms with E-state index in [1.165, 1.54) is 0 Å². The largest absolute Gasteiger partial charge is 0.477 e. The third-order valence-electron chi connectivity index (χ3n) is 3.70. The number of benzene rings is 1. The van der Waals surface area contributed by atoms with Crippen LogP contribution in [0.3, 0.4) is 0 Å². The van der Waals surface area contributed by atoms with Gasteiger partial charge < -0.3 is 15.4 Å². The van der Waals surface area contributed by atoms with Gasteiger partial charge in [-0.05, 0) is 24.5 Å². The molecule has 1 amide bonds. The molecular formula is C14H18N2O2. The predicted molar refractivity (Wildman–Crippen MR) is 69.7 cm³/mol. The van der Waals surface area contributed by atoms with Crippen LogP contribution in [0.15, 0.2) is 24.3 Å². The molecule has 18 heavy (non-hydrogen) atoms. The molecule has 4 heteroatoms. The van der Waals surface area contributed by atoms with Crippen molar-refractivity contribution in [3.8, 4) is 5.75 Å². The van der Waals surface area contributed by atoms with Gasteiger partial charge in [-0.25, -0.2) is 0 Å². The first kappa shape index (κ1) is 11.4. The average molecular weight is 246 g/mol. The van der Waals surface area contributed by atoms with E-state index in [-0.39, 0.29) is 5.91 Å². The highest BCUT2D eigenvalue weighted by Crippen LogP contribution is 2.33. The molecule has 96 valence electrons. The van der Waals surface area contributed by atoms with Crippen LogP contribution in [0.4, 0.5) is 5.69 Å². The molecule has 0 bridgehead atoms. The Balaban J connectivity index is 1.60. The summed E-state index contributed by atoms with van der Waals surface area (Å²) in [7, 11) is 0. The smallest absolute Gasteiger partial charge is 0.263 e. The van der Waals surface area contributed by atoms with E-state index in [0.717, 1.165) is 24.3 Å². The maximum absolute atomic E-state index is 12.0. The van der Waals surface area contributed by atoms with Crippen molar-refractivity contribution in [3.63, 3.8) is 0 Å². The minimum atomic E-state index is -0.419. The van der Waals surface area contributed by atoms with Gasteiger partial charge in [0.05, 0.1) is 12.2 Å². The lowest BCUT2D eigenvalue weighted by Crippen LogP contribution is -2.45. The molecule has 1 fully saturated rings. The number of carbonyl (C=O) groups excluding carboxylic acids is 1. The zero-order chi connectivity index (χ0) is 12.5. The molecule has 2 N–H and O–H groups in total. The predicted octanol–water partition coefficient (Wildman–Crippen LogP) is 1.77. The molecule has 0 aromatic heterocycles. The van der Waals surface area contributed by atoms with Gasteiger partial charge in [-0.15, -0.1) is 0 Å². The third kappa shape index (κ3) is 2.15. The quantitative estimate of drug-likeness (QED) is 0.854. The zero-order valence-corrected chi connectivity index (χ0v) is 10.5. The molecule has 0 saturated heterocycles. The van der Waals surface area contributed by atoms with E-state index in [9.17, 15) is 4.79 Å². The normalized spacial score (nSPS) is 28.6. The van der Waals surface area contributed by atoms with Crippen molar-refractivity contribution in [2.24, 2.45) is 5.92 Å². The maximum Gasteiger partial charge on any atom is 0.263 e. The van der Waals surface area contributed by atoms with Crippen molar-refractivity contribution < 1.29 is 9.53 Å². The van der Waals surface area contributed by atoms with Crippen LogP contribution in [0.25, 0.3) is 0 Å².